The maximum Gasteiger partial charge on any atom is 0.348 e. The number of nitrogens with zero attached hydrogens (tertiary/aromatic N) is 3. The molecule has 2 aromatic rings. The van der Waals surface area contributed by atoms with Gasteiger partial charge >= 0.3 is 5.69 Å². The quantitative estimate of drug-likeness (QED) is 0.545. The zero-order chi connectivity index (χ0) is 20.1. The molecule has 6 nitrogen and oxygen atoms in total. The average Bonchev–Trinajstić information content (AvgIpc) is 3.11. The molecule has 0 aliphatic heterocycles. The Morgan fingerprint density at radius 3 is 2.89 bits per heavy atom. The van der Waals surface area contributed by atoms with Crippen molar-refractivity contribution in [3.05, 3.63) is 51.6 Å². The first-order chi connectivity index (χ1) is 13.4. The Labute approximate surface area is 170 Å². The van der Waals surface area contributed by atoms with E-state index in [1.807, 2.05) is 49.9 Å². The van der Waals surface area contributed by atoms with Crippen LogP contribution in [0.15, 0.2) is 34.1 Å². The molecule has 0 bridgehead atoms. The van der Waals surface area contributed by atoms with Crippen LogP contribution in [-0.2, 0) is 24.2 Å². The highest BCUT2D eigenvalue weighted by molar-refractivity contribution is 8.00. The van der Waals surface area contributed by atoms with Gasteiger partial charge in [0.25, 0.3) is 0 Å². The number of thioether (sulfide) groups is 1. The highest BCUT2D eigenvalue weighted by Gasteiger charge is 2.22. The summed E-state index contributed by atoms with van der Waals surface area (Å²) in [6, 6.07) is 7.72. The van der Waals surface area contributed by atoms with Gasteiger partial charge in [0.05, 0.1) is 5.75 Å². The highest BCUT2D eigenvalue weighted by Crippen LogP contribution is 2.29. The molecule has 3 rings (SSSR count). The number of benzene rings is 1. The van der Waals surface area contributed by atoms with Crippen molar-refractivity contribution in [1.82, 2.24) is 14.5 Å². The fraction of sp³-hybridized carbons (Fsp3) is 0.476. The van der Waals surface area contributed by atoms with E-state index in [4.69, 9.17) is 0 Å². The predicted molar refractivity (Wildman–Crippen MR) is 114 cm³/mol. The average molecular weight is 401 g/mol. The van der Waals surface area contributed by atoms with Gasteiger partial charge in [0.2, 0.25) is 5.91 Å². The molecule has 0 radical (unpaired) electrons. The van der Waals surface area contributed by atoms with E-state index in [-0.39, 0.29) is 17.3 Å². The van der Waals surface area contributed by atoms with Gasteiger partial charge in [-0.25, -0.2) is 4.79 Å². The van der Waals surface area contributed by atoms with Crippen molar-refractivity contribution in [3.8, 4) is 0 Å². The zero-order valence-corrected chi connectivity index (χ0v) is 17.6. The third-order valence-corrected chi connectivity index (χ3v) is 5.85. The first-order valence-electron chi connectivity index (χ1n) is 9.70. The number of hydrogen-bond donors (Lipinski definition) is 1. The largest absolute Gasteiger partial charge is 0.348 e. The molecule has 0 saturated carbocycles. The fourth-order valence-electron chi connectivity index (χ4n) is 3.54. The van der Waals surface area contributed by atoms with Crippen LogP contribution in [0.4, 0.5) is 5.69 Å². The van der Waals surface area contributed by atoms with Gasteiger partial charge in [-0.15, -0.1) is 0 Å². The van der Waals surface area contributed by atoms with Crippen LogP contribution in [0.1, 0.15) is 29.7 Å². The first kappa shape index (κ1) is 20.6. The summed E-state index contributed by atoms with van der Waals surface area (Å²) >= 11 is 1.36. The molecule has 0 saturated heterocycles. The summed E-state index contributed by atoms with van der Waals surface area (Å²) in [4.78, 5) is 31.3. The summed E-state index contributed by atoms with van der Waals surface area (Å²) in [6.45, 7) is 3.63. The number of rotatable bonds is 8. The molecular formula is C21H28N4O2S. The first-order valence-corrected chi connectivity index (χ1v) is 10.7. The van der Waals surface area contributed by atoms with Crippen molar-refractivity contribution in [3.63, 3.8) is 0 Å². The van der Waals surface area contributed by atoms with Crippen molar-refractivity contribution in [1.29, 1.82) is 0 Å². The molecule has 0 spiro atoms. The van der Waals surface area contributed by atoms with E-state index in [1.54, 1.807) is 0 Å². The fourth-order valence-corrected chi connectivity index (χ4v) is 4.41. The van der Waals surface area contributed by atoms with Crippen molar-refractivity contribution < 1.29 is 4.79 Å². The summed E-state index contributed by atoms with van der Waals surface area (Å²) in [7, 11) is 4.07. The van der Waals surface area contributed by atoms with Gasteiger partial charge < -0.3 is 10.2 Å². The predicted octanol–water partition coefficient (Wildman–Crippen LogP) is 2.72. The summed E-state index contributed by atoms with van der Waals surface area (Å²) in [5.74, 6) is 0.164. The Bertz CT molecular complexity index is 908. The van der Waals surface area contributed by atoms with Crippen LogP contribution in [-0.4, -0.2) is 46.8 Å². The minimum atomic E-state index is -0.194. The number of carbonyl (C=O) groups is 1. The maximum absolute atomic E-state index is 12.6. The van der Waals surface area contributed by atoms with Crippen LogP contribution in [0.5, 0.6) is 0 Å². The second-order valence-corrected chi connectivity index (χ2v) is 8.46. The van der Waals surface area contributed by atoms with Gasteiger partial charge in [-0.3, -0.25) is 9.36 Å². The summed E-state index contributed by atoms with van der Waals surface area (Å²) in [5.41, 5.74) is 3.96. The number of hydrogen-bond acceptors (Lipinski definition) is 5. The van der Waals surface area contributed by atoms with Gasteiger partial charge in [0.15, 0.2) is 0 Å². The minimum Gasteiger partial charge on any atom is -0.325 e. The van der Waals surface area contributed by atoms with E-state index in [1.165, 1.54) is 11.8 Å². The molecule has 1 aromatic carbocycles. The smallest absolute Gasteiger partial charge is 0.325 e. The number of carbonyl (C=O) groups excluding carboxylic acids is 1. The topological polar surface area (TPSA) is 67.2 Å². The molecule has 7 heteroatoms. The zero-order valence-electron chi connectivity index (χ0n) is 16.8. The lowest BCUT2D eigenvalue weighted by Crippen LogP contribution is -2.29. The van der Waals surface area contributed by atoms with E-state index >= 15 is 0 Å². The lowest BCUT2D eigenvalue weighted by molar-refractivity contribution is -0.113. The molecule has 150 valence electrons. The van der Waals surface area contributed by atoms with E-state index in [0.29, 0.717) is 6.54 Å². The highest BCUT2D eigenvalue weighted by atomic mass is 32.2. The molecule has 0 unspecified atom stereocenters. The van der Waals surface area contributed by atoms with Crippen LogP contribution < -0.4 is 11.0 Å². The van der Waals surface area contributed by atoms with E-state index in [9.17, 15) is 9.59 Å². The monoisotopic (exact) mass is 400 g/mol. The number of nitrogens with one attached hydrogen (secondary N) is 1. The number of anilines is 1. The lowest BCUT2D eigenvalue weighted by atomic mass is 10.2. The lowest BCUT2D eigenvalue weighted by Gasteiger charge is -2.15. The number of amides is 1. The van der Waals surface area contributed by atoms with Crippen LogP contribution >= 0.6 is 11.8 Å². The Hall–Kier alpha value is -2.12. The molecular weight excluding hydrogens is 372 g/mol. The summed E-state index contributed by atoms with van der Waals surface area (Å²) in [6.07, 6.45) is 3.81. The third-order valence-electron chi connectivity index (χ3n) is 4.83. The molecule has 0 fully saturated rings. The number of aromatic nitrogens is 2. The van der Waals surface area contributed by atoms with E-state index < -0.39 is 0 Å². The third kappa shape index (κ3) is 5.23. The molecule has 0 atom stereocenters. The normalized spacial score (nSPS) is 13.0. The molecule has 1 aliphatic rings. The Morgan fingerprint density at radius 1 is 1.32 bits per heavy atom. The van der Waals surface area contributed by atoms with Crippen molar-refractivity contribution in [2.75, 3.05) is 31.7 Å². The molecule has 1 aliphatic carbocycles. The SMILES string of the molecule is Cc1cccc(NC(=O)CSc2nc(=O)n(CCCN(C)C)c3c2CCC3)c1. The van der Waals surface area contributed by atoms with Crippen LogP contribution in [0.2, 0.25) is 0 Å². The molecule has 1 N–H and O–H groups in total. The van der Waals surface area contributed by atoms with Crippen LogP contribution in [0.25, 0.3) is 0 Å². The van der Waals surface area contributed by atoms with Crippen molar-refractivity contribution in [2.45, 2.75) is 44.2 Å². The van der Waals surface area contributed by atoms with Crippen molar-refractivity contribution >= 4 is 23.4 Å². The van der Waals surface area contributed by atoms with E-state index in [2.05, 4.69) is 15.2 Å². The number of aryl methyl sites for hydroxylation is 1. The van der Waals surface area contributed by atoms with Gasteiger partial charge in [-0.2, -0.15) is 4.98 Å². The maximum atomic E-state index is 12.6. The van der Waals surface area contributed by atoms with Gasteiger partial charge in [-0.05, 0) is 70.9 Å². The molecule has 1 aromatic heterocycles. The van der Waals surface area contributed by atoms with E-state index in [0.717, 1.165) is 59.8 Å². The van der Waals surface area contributed by atoms with Gasteiger partial charge in [-0.1, -0.05) is 23.9 Å². The standard InChI is InChI=1S/C21H28N4O2S/c1-15-7-4-8-16(13-15)22-19(26)14-28-20-17-9-5-10-18(17)25(21(27)23-20)12-6-11-24(2)3/h4,7-8,13H,5-6,9-12,14H2,1-3H3,(H,22,26). The second kappa shape index (κ2) is 9.39. The van der Waals surface area contributed by atoms with Gasteiger partial charge in [0.1, 0.15) is 5.03 Å². The molecule has 28 heavy (non-hydrogen) atoms. The van der Waals surface area contributed by atoms with Crippen LogP contribution in [0, 0.1) is 6.92 Å². The van der Waals surface area contributed by atoms with Gasteiger partial charge in [0, 0.05) is 23.5 Å². The number of fused-ring (bicyclic) bond motifs is 1. The second-order valence-electron chi connectivity index (χ2n) is 7.49. The molecule has 1 heterocycles. The minimum absolute atomic E-state index is 0.0840. The Morgan fingerprint density at radius 2 is 2.14 bits per heavy atom. The molecule has 1 amide bonds. The van der Waals surface area contributed by atoms with Crippen molar-refractivity contribution in [2.24, 2.45) is 0 Å². The Balaban J connectivity index is 1.67. The Kier molecular flexibility index (Phi) is 6.91. The van der Waals surface area contributed by atoms with Crippen LogP contribution in [0.3, 0.4) is 0 Å². The summed E-state index contributed by atoms with van der Waals surface area (Å²) in [5, 5.41) is 3.63. The summed E-state index contributed by atoms with van der Waals surface area (Å²) < 4.78 is 1.84.